The fraction of sp³-hybridized carbons (Fsp3) is 0.684. The number of nitrogens with zero attached hydrogens (tertiary/aromatic N) is 2. The van der Waals surface area contributed by atoms with Gasteiger partial charge in [-0.3, -0.25) is 4.98 Å². The number of pyridine rings is 1. The van der Waals surface area contributed by atoms with Crippen LogP contribution in [-0.2, 0) is 10.9 Å². The van der Waals surface area contributed by atoms with E-state index in [1.807, 2.05) is 0 Å². The van der Waals surface area contributed by atoms with Crippen LogP contribution in [0.2, 0.25) is 0 Å². The summed E-state index contributed by atoms with van der Waals surface area (Å²) in [5.41, 5.74) is -0.281. The van der Waals surface area contributed by atoms with Crippen molar-refractivity contribution in [1.82, 2.24) is 9.88 Å². The summed E-state index contributed by atoms with van der Waals surface area (Å²) in [6, 6.07) is 1.49. The van der Waals surface area contributed by atoms with Gasteiger partial charge in [-0.1, -0.05) is 0 Å². The predicted molar refractivity (Wildman–Crippen MR) is 92.5 cm³/mol. The molecule has 27 heavy (non-hydrogen) atoms. The lowest BCUT2D eigenvalue weighted by Crippen LogP contribution is -2.39. The number of halogens is 3. The molecule has 1 aromatic heterocycles. The largest absolute Gasteiger partial charge is 0.465 e. The van der Waals surface area contributed by atoms with E-state index in [0.29, 0.717) is 44.0 Å². The molecule has 1 saturated carbocycles. The van der Waals surface area contributed by atoms with Crippen molar-refractivity contribution in [2.45, 2.75) is 56.7 Å². The first-order valence-electron chi connectivity index (χ1n) is 9.45. The first-order chi connectivity index (χ1) is 12.8. The topological polar surface area (TPSA) is 62.7 Å². The second kappa shape index (κ2) is 8.46. The first-order valence-corrected chi connectivity index (χ1v) is 9.45. The van der Waals surface area contributed by atoms with Crippen molar-refractivity contribution in [2.24, 2.45) is 5.92 Å². The van der Waals surface area contributed by atoms with E-state index in [-0.39, 0.29) is 12.0 Å². The quantitative estimate of drug-likeness (QED) is 0.826. The van der Waals surface area contributed by atoms with E-state index in [1.54, 1.807) is 0 Å². The number of hydrogen-bond acceptors (Lipinski definition) is 3. The average Bonchev–Trinajstić information content (AvgIpc) is 2.66. The molecule has 2 fully saturated rings. The van der Waals surface area contributed by atoms with Crippen LogP contribution in [0.5, 0.6) is 0 Å². The van der Waals surface area contributed by atoms with Gasteiger partial charge in [0, 0.05) is 32.1 Å². The van der Waals surface area contributed by atoms with Crippen LogP contribution in [0.4, 0.5) is 18.0 Å². The minimum Gasteiger partial charge on any atom is -0.465 e. The zero-order valence-corrected chi connectivity index (χ0v) is 15.1. The van der Waals surface area contributed by atoms with E-state index in [1.165, 1.54) is 17.2 Å². The fourth-order valence-corrected chi connectivity index (χ4v) is 4.10. The van der Waals surface area contributed by atoms with Crippen LogP contribution in [0.3, 0.4) is 0 Å². The molecule has 0 bridgehead atoms. The maximum Gasteiger partial charge on any atom is 0.418 e. The highest BCUT2D eigenvalue weighted by molar-refractivity contribution is 5.64. The van der Waals surface area contributed by atoms with E-state index < -0.39 is 17.8 Å². The molecule has 5 nitrogen and oxygen atoms in total. The number of rotatable bonds is 4. The van der Waals surface area contributed by atoms with Crippen molar-refractivity contribution < 1.29 is 27.8 Å². The van der Waals surface area contributed by atoms with Crippen LogP contribution in [0.25, 0.3) is 0 Å². The SMILES string of the molecule is O=C(O)N1CCC(CO[C@H]2CC[C@H](c3ccncc3C(F)(F)F)CC2)CC1. The number of amides is 1. The van der Waals surface area contributed by atoms with Gasteiger partial charge in [0.15, 0.2) is 0 Å². The normalized spacial score (nSPS) is 24.8. The molecule has 0 radical (unpaired) electrons. The Kier molecular flexibility index (Phi) is 6.24. The maximum atomic E-state index is 13.2. The standard InChI is InChI=1S/C19H25F3N2O3/c20-19(21,22)17-11-23-8-5-16(17)14-1-3-15(4-2-14)27-12-13-6-9-24(10-7-13)18(25)26/h5,8,11,13-15H,1-4,6-7,9-10,12H2,(H,25,26)/t14-,15-. The maximum absolute atomic E-state index is 13.2. The highest BCUT2D eigenvalue weighted by Crippen LogP contribution is 2.40. The van der Waals surface area contributed by atoms with E-state index in [2.05, 4.69) is 4.98 Å². The smallest absolute Gasteiger partial charge is 0.418 e. The van der Waals surface area contributed by atoms with Gasteiger partial charge in [-0.2, -0.15) is 13.2 Å². The second-order valence-corrected chi connectivity index (χ2v) is 7.48. The van der Waals surface area contributed by atoms with Crippen molar-refractivity contribution in [3.8, 4) is 0 Å². The van der Waals surface area contributed by atoms with Crippen LogP contribution in [0.15, 0.2) is 18.5 Å². The highest BCUT2D eigenvalue weighted by atomic mass is 19.4. The minimum absolute atomic E-state index is 0.0786. The van der Waals surface area contributed by atoms with E-state index in [9.17, 15) is 18.0 Å². The molecule has 1 N–H and O–H groups in total. The molecule has 3 rings (SSSR count). The Labute approximate surface area is 156 Å². The first kappa shape index (κ1) is 19.9. The fourth-order valence-electron chi connectivity index (χ4n) is 4.10. The Bertz CT molecular complexity index is 637. The molecule has 2 aliphatic rings. The number of aromatic nitrogens is 1. The van der Waals surface area contributed by atoms with Crippen LogP contribution in [-0.4, -0.2) is 46.9 Å². The Balaban J connectivity index is 1.46. The lowest BCUT2D eigenvalue weighted by Gasteiger charge is -2.33. The Hall–Kier alpha value is -1.83. The molecular formula is C19H25F3N2O3. The van der Waals surface area contributed by atoms with E-state index in [0.717, 1.165) is 31.9 Å². The number of ether oxygens (including phenoxy) is 1. The molecule has 1 aromatic rings. The molecule has 8 heteroatoms. The number of carboxylic acid groups (broad SMARTS) is 1. The molecular weight excluding hydrogens is 361 g/mol. The summed E-state index contributed by atoms with van der Waals surface area (Å²) in [5.74, 6) is 0.249. The number of hydrogen-bond donors (Lipinski definition) is 1. The average molecular weight is 386 g/mol. The third-order valence-electron chi connectivity index (χ3n) is 5.73. The molecule has 0 atom stereocenters. The minimum atomic E-state index is -4.37. The Morgan fingerprint density at radius 1 is 1.19 bits per heavy atom. The van der Waals surface area contributed by atoms with Gasteiger partial charge in [0.25, 0.3) is 0 Å². The van der Waals surface area contributed by atoms with Gasteiger partial charge in [0.1, 0.15) is 0 Å². The molecule has 1 aliphatic heterocycles. The van der Waals surface area contributed by atoms with Gasteiger partial charge in [0.2, 0.25) is 0 Å². The summed E-state index contributed by atoms with van der Waals surface area (Å²) in [7, 11) is 0. The Morgan fingerprint density at radius 3 is 2.44 bits per heavy atom. The molecule has 1 amide bonds. The van der Waals surface area contributed by atoms with Crippen molar-refractivity contribution in [2.75, 3.05) is 19.7 Å². The summed E-state index contributed by atoms with van der Waals surface area (Å²) in [6.45, 7) is 1.68. The van der Waals surface area contributed by atoms with Crippen LogP contribution >= 0.6 is 0 Å². The van der Waals surface area contributed by atoms with Crippen molar-refractivity contribution >= 4 is 6.09 Å². The number of piperidine rings is 1. The third-order valence-corrected chi connectivity index (χ3v) is 5.73. The molecule has 2 heterocycles. The van der Waals surface area contributed by atoms with Crippen molar-refractivity contribution in [3.05, 3.63) is 29.6 Å². The second-order valence-electron chi connectivity index (χ2n) is 7.48. The van der Waals surface area contributed by atoms with Gasteiger partial charge in [-0.05, 0) is 62.0 Å². The van der Waals surface area contributed by atoms with Gasteiger partial charge in [-0.15, -0.1) is 0 Å². The van der Waals surface area contributed by atoms with Crippen molar-refractivity contribution in [1.29, 1.82) is 0 Å². The lowest BCUT2D eigenvalue weighted by molar-refractivity contribution is -0.138. The summed E-state index contributed by atoms with van der Waals surface area (Å²) < 4.78 is 45.5. The molecule has 1 saturated heterocycles. The monoisotopic (exact) mass is 386 g/mol. The van der Waals surface area contributed by atoms with E-state index >= 15 is 0 Å². The molecule has 0 aromatic carbocycles. The zero-order chi connectivity index (χ0) is 19.4. The Morgan fingerprint density at radius 2 is 1.85 bits per heavy atom. The molecule has 0 unspecified atom stereocenters. The van der Waals surface area contributed by atoms with Crippen molar-refractivity contribution in [3.63, 3.8) is 0 Å². The number of likely N-dealkylation sites (tertiary alicyclic amines) is 1. The van der Waals surface area contributed by atoms with Crippen LogP contribution in [0, 0.1) is 5.92 Å². The van der Waals surface area contributed by atoms with Gasteiger partial charge >= 0.3 is 12.3 Å². The van der Waals surface area contributed by atoms with Crippen LogP contribution in [0.1, 0.15) is 55.6 Å². The third kappa shape index (κ3) is 5.12. The van der Waals surface area contributed by atoms with Crippen LogP contribution < -0.4 is 0 Å². The number of carbonyl (C=O) groups is 1. The lowest BCUT2D eigenvalue weighted by atomic mass is 9.81. The summed E-state index contributed by atoms with van der Waals surface area (Å²) >= 11 is 0. The molecule has 0 spiro atoms. The van der Waals surface area contributed by atoms with Gasteiger partial charge < -0.3 is 14.7 Å². The predicted octanol–water partition coefficient (Wildman–Crippen LogP) is 4.53. The molecule has 150 valence electrons. The summed E-state index contributed by atoms with van der Waals surface area (Å²) in [5, 5.41) is 8.97. The van der Waals surface area contributed by atoms with Gasteiger partial charge in [0.05, 0.1) is 11.7 Å². The zero-order valence-electron chi connectivity index (χ0n) is 15.1. The summed E-state index contributed by atoms with van der Waals surface area (Å²) in [4.78, 5) is 16.0. The number of alkyl halides is 3. The van der Waals surface area contributed by atoms with E-state index in [4.69, 9.17) is 9.84 Å². The van der Waals surface area contributed by atoms with Gasteiger partial charge in [-0.25, -0.2) is 4.79 Å². The summed E-state index contributed by atoms with van der Waals surface area (Å²) in [6.07, 6.45) is 1.62. The molecule has 1 aliphatic carbocycles. The highest BCUT2D eigenvalue weighted by Gasteiger charge is 2.36.